The Balaban J connectivity index is 1.76. The molecule has 1 aromatic carbocycles. The fourth-order valence-corrected chi connectivity index (χ4v) is 2.89. The van der Waals surface area contributed by atoms with E-state index < -0.39 is 0 Å². The Labute approximate surface area is 102 Å². The van der Waals surface area contributed by atoms with Crippen LogP contribution in [0.2, 0.25) is 0 Å². The molecule has 0 atom stereocenters. The van der Waals surface area contributed by atoms with Crippen molar-refractivity contribution in [3.8, 4) is 0 Å². The Hall–Kier alpha value is -1.35. The number of benzene rings is 1. The van der Waals surface area contributed by atoms with Gasteiger partial charge < -0.3 is 4.90 Å². The van der Waals surface area contributed by atoms with Crippen LogP contribution >= 0.6 is 0 Å². The van der Waals surface area contributed by atoms with Crippen LogP contribution in [-0.4, -0.2) is 41.4 Å². The monoisotopic (exact) mass is 230 g/mol. The Kier molecular flexibility index (Phi) is 2.85. The summed E-state index contributed by atoms with van der Waals surface area (Å²) in [6.45, 7) is 3.41. The second kappa shape index (κ2) is 4.49. The zero-order valence-corrected chi connectivity index (χ0v) is 10.0. The molecule has 0 radical (unpaired) electrons. The molecule has 3 nitrogen and oxygen atoms in total. The normalized spacial score (nSPS) is 21.9. The first-order chi connectivity index (χ1) is 8.33. The van der Waals surface area contributed by atoms with Crippen molar-refractivity contribution in [2.75, 3.05) is 19.6 Å². The maximum absolute atomic E-state index is 12.0. The summed E-state index contributed by atoms with van der Waals surface area (Å²) in [5, 5.41) is 0. The molecule has 3 heteroatoms. The first-order valence-corrected chi connectivity index (χ1v) is 6.39. The molecule has 0 aliphatic carbocycles. The SMILES string of the molecule is O=C1CN(Cc2ccccc2)C2CCN1CC2. The van der Waals surface area contributed by atoms with Crippen molar-refractivity contribution in [2.45, 2.75) is 25.4 Å². The molecule has 0 saturated carbocycles. The minimum Gasteiger partial charge on any atom is -0.341 e. The quantitative estimate of drug-likeness (QED) is 0.768. The fraction of sp³-hybridized carbons (Fsp3) is 0.500. The van der Waals surface area contributed by atoms with E-state index in [1.54, 1.807) is 0 Å². The van der Waals surface area contributed by atoms with E-state index in [-0.39, 0.29) is 0 Å². The summed E-state index contributed by atoms with van der Waals surface area (Å²) in [5.74, 6) is 0.306. The van der Waals surface area contributed by atoms with Gasteiger partial charge in [-0.15, -0.1) is 0 Å². The summed E-state index contributed by atoms with van der Waals surface area (Å²) in [4.78, 5) is 16.3. The Morgan fingerprint density at radius 1 is 1.12 bits per heavy atom. The molecular formula is C14H18N2O. The number of hydrogen-bond donors (Lipinski definition) is 0. The summed E-state index contributed by atoms with van der Waals surface area (Å²) in [6, 6.07) is 11.0. The number of piperidine rings is 1. The second-order valence-electron chi connectivity index (χ2n) is 5.00. The molecule has 0 unspecified atom stereocenters. The fourth-order valence-electron chi connectivity index (χ4n) is 2.89. The van der Waals surface area contributed by atoms with Crippen LogP contribution in [0.1, 0.15) is 18.4 Å². The number of carbonyl (C=O) groups is 1. The molecule has 3 saturated heterocycles. The van der Waals surface area contributed by atoms with Gasteiger partial charge >= 0.3 is 0 Å². The first-order valence-electron chi connectivity index (χ1n) is 6.39. The first kappa shape index (κ1) is 10.8. The lowest BCUT2D eigenvalue weighted by Gasteiger charge is -2.31. The Morgan fingerprint density at radius 2 is 1.82 bits per heavy atom. The van der Waals surface area contributed by atoms with Crippen LogP contribution in [0.25, 0.3) is 0 Å². The minimum atomic E-state index is 0.306. The molecule has 2 bridgehead atoms. The van der Waals surface area contributed by atoms with Gasteiger partial charge in [-0.25, -0.2) is 0 Å². The Morgan fingerprint density at radius 3 is 2.53 bits per heavy atom. The maximum Gasteiger partial charge on any atom is 0.236 e. The smallest absolute Gasteiger partial charge is 0.236 e. The molecule has 3 heterocycles. The van der Waals surface area contributed by atoms with E-state index in [0.717, 1.165) is 32.5 Å². The van der Waals surface area contributed by atoms with Gasteiger partial charge in [0, 0.05) is 25.7 Å². The van der Waals surface area contributed by atoms with Gasteiger partial charge in [0.2, 0.25) is 5.91 Å². The van der Waals surface area contributed by atoms with Crippen molar-refractivity contribution in [2.24, 2.45) is 0 Å². The van der Waals surface area contributed by atoms with Crippen molar-refractivity contribution >= 4 is 5.91 Å². The molecule has 3 aliphatic heterocycles. The number of rotatable bonds is 2. The average Bonchev–Trinajstić information content (AvgIpc) is 2.61. The van der Waals surface area contributed by atoms with Gasteiger partial charge in [-0.2, -0.15) is 0 Å². The molecule has 4 rings (SSSR count). The Bertz CT molecular complexity index is 396. The molecule has 1 amide bonds. The van der Waals surface area contributed by atoms with Crippen LogP contribution in [-0.2, 0) is 11.3 Å². The lowest BCUT2D eigenvalue weighted by Crippen LogP contribution is -2.37. The molecule has 3 aliphatic rings. The van der Waals surface area contributed by atoms with E-state index in [2.05, 4.69) is 29.2 Å². The molecule has 0 N–H and O–H groups in total. The van der Waals surface area contributed by atoms with Gasteiger partial charge in [0.05, 0.1) is 6.54 Å². The maximum atomic E-state index is 12.0. The third kappa shape index (κ3) is 2.20. The molecule has 3 fully saturated rings. The topological polar surface area (TPSA) is 23.6 Å². The van der Waals surface area contributed by atoms with Crippen LogP contribution in [0.3, 0.4) is 0 Å². The summed E-state index contributed by atoms with van der Waals surface area (Å²) in [5.41, 5.74) is 1.31. The van der Waals surface area contributed by atoms with Crippen molar-refractivity contribution < 1.29 is 4.79 Å². The predicted octanol–water partition coefficient (Wildman–Crippen LogP) is 1.49. The number of hydrogen-bond acceptors (Lipinski definition) is 2. The van der Waals surface area contributed by atoms with E-state index >= 15 is 0 Å². The van der Waals surface area contributed by atoms with Crippen molar-refractivity contribution in [3.63, 3.8) is 0 Å². The van der Waals surface area contributed by atoms with Crippen molar-refractivity contribution in [1.82, 2.24) is 9.80 Å². The van der Waals surface area contributed by atoms with Gasteiger partial charge in [-0.05, 0) is 18.4 Å². The molecule has 0 spiro atoms. The highest BCUT2D eigenvalue weighted by Crippen LogP contribution is 2.23. The lowest BCUT2D eigenvalue weighted by atomic mass is 10.0. The molecule has 0 aromatic heterocycles. The zero-order chi connectivity index (χ0) is 11.7. The third-order valence-electron chi connectivity index (χ3n) is 3.90. The standard InChI is InChI=1S/C14H18N2O/c17-14-11-16(10-12-4-2-1-3-5-12)13-6-8-15(14)9-7-13/h1-5,13H,6-11H2. The van der Waals surface area contributed by atoms with Gasteiger partial charge in [0.15, 0.2) is 0 Å². The van der Waals surface area contributed by atoms with Gasteiger partial charge in [0.1, 0.15) is 0 Å². The van der Waals surface area contributed by atoms with E-state index in [4.69, 9.17) is 0 Å². The van der Waals surface area contributed by atoms with Crippen molar-refractivity contribution in [1.29, 1.82) is 0 Å². The van der Waals surface area contributed by atoms with Crippen LogP contribution in [0, 0.1) is 0 Å². The second-order valence-corrected chi connectivity index (χ2v) is 5.00. The number of amides is 1. The largest absolute Gasteiger partial charge is 0.341 e. The van der Waals surface area contributed by atoms with E-state index in [0.29, 0.717) is 18.5 Å². The van der Waals surface area contributed by atoms with E-state index in [1.165, 1.54) is 5.56 Å². The summed E-state index contributed by atoms with van der Waals surface area (Å²) < 4.78 is 0. The average molecular weight is 230 g/mol. The molecule has 17 heavy (non-hydrogen) atoms. The predicted molar refractivity (Wildman–Crippen MR) is 66.5 cm³/mol. The molecule has 1 aromatic rings. The van der Waals surface area contributed by atoms with Gasteiger partial charge in [-0.1, -0.05) is 30.3 Å². The lowest BCUT2D eigenvalue weighted by molar-refractivity contribution is -0.130. The van der Waals surface area contributed by atoms with Crippen LogP contribution in [0.15, 0.2) is 30.3 Å². The highest BCUT2D eigenvalue weighted by Gasteiger charge is 2.33. The van der Waals surface area contributed by atoms with Crippen LogP contribution < -0.4 is 0 Å². The molecular weight excluding hydrogens is 212 g/mol. The zero-order valence-electron chi connectivity index (χ0n) is 10.0. The van der Waals surface area contributed by atoms with Gasteiger partial charge in [-0.3, -0.25) is 9.69 Å². The van der Waals surface area contributed by atoms with E-state index in [1.807, 2.05) is 11.0 Å². The minimum absolute atomic E-state index is 0.306. The van der Waals surface area contributed by atoms with E-state index in [9.17, 15) is 4.79 Å². The van der Waals surface area contributed by atoms with Crippen LogP contribution in [0.4, 0.5) is 0 Å². The molecule has 90 valence electrons. The third-order valence-corrected chi connectivity index (χ3v) is 3.90. The van der Waals surface area contributed by atoms with Gasteiger partial charge in [0.25, 0.3) is 0 Å². The summed E-state index contributed by atoms with van der Waals surface area (Å²) in [6.07, 6.45) is 2.27. The number of fused-ring (bicyclic) bond motifs is 4. The highest BCUT2D eigenvalue weighted by molar-refractivity contribution is 5.79. The van der Waals surface area contributed by atoms with Crippen LogP contribution in [0.5, 0.6) is 0 Å². The summed E-state index contributed by atoms with van der Waals surface area (Å²) >= 11 is 0. The summed E-state index contributed by atoms with van der Waals surface area (Å²) in [7, 11) is 0. The van der Waals surface area contributed by atoms with Crippen molar-refractivity contribution in [3.05, 3.63) is 35.9 Å². The number of carbonyl (C=O) groups excluding carboxylic acids is 1. The number of nitrogens with zero attached hydrogens (tertiary/aromatic N) is 2. The highest BCUT2D eigenvalue weighted by atomic mass is 16.2.